The number of hydrogen-bond acceptors (Lipinski definition) is 8. The van der Waals surface area contributed by atoms with Crippen LogP contribution in [0.5, 0.6) is 0 Å². The number of para-hydroxylation sites is 4. The van der Waals surface area contributed by atoms with Gasteiger partial charge in [0.2, 0.25) is 11.7 Å². The van der Waals surface area contributed by atoms with Gasteiger partial charge in [-0.3, -0.25) is 39.4 Å². The number of anilines is 2. The lowest BCUT2D eigenvalue weighted by molar-refractivity contribution is -0.384. The molecule has 0 radical (unpaired) electrons. The van der Waals surface area contributed by atoms with Gasteiger partial charge in [0.05, 0.1) is 9.85 Å². The van der Waals surface area contributed by atoms with Crippen LogP contribution < -0.4 is 10.2 Å². The zero-order valence-corrected chi connectivity index (χ0v) is 14.3. The second kappa shape index (κ2) is 7.26. The Kier molecular flexibility index (Phi) is 4.83. The molecule has 1 atom stereocenters. The second-order valence-corrected chi connectivity index (χ2v) is 5.79. The quantitative estimate of drug-likeness (QED) is 0.257. The van der Waals surface area contributed by atoms with Gasteiger partial charge in [0, 0.05) is 12.1 Å². The Morgan fingerprint density at radius 1 is 0.897 bits per heavy atom. The maximum Gasteiger partial charge on any atom is 0.302 e. The molecule has 1 N–H and O–H groups in total. The van der Waals surface area contributed by atoms with Gasteiger partial charge in [-0.1, -0.05) is 24.3 Å². The molecule has 0 unspecified atom stereocenters. The first kappa shape index (κ1) is 19.3. The van der Waals surface area contributed by atoms with Crippen LogP contribution in [0.2, 0.25) is 0 Å². The molecule has 2 aromatic rings. The van der Waals surface area contributed by atoms with Crippen LogP contribution in [0.15, 0.2) is 48.5 Å². The summed E-state index contributed by atoms with van der Waals surface area (Å²) in [5, 5.41) is 24.3. The van der Waals surface area contributed by atoms with Crippen molar-refractivity contribution in [3.8, 4) is 0 Å². The fourth-order valence-corrected chi connectivity index (χ4v) is 2.79. The van der Waals surface area contributed by atoms with Gasteiger partial charge in [-0.2, -0.15) is 0 Å². The highest BCUT2D eigenvalue weighted by molar-refractivity contribution is 6.60. The van der Waals surface area contributed by atoms with Crippen LogP contribution in [0, 0.1) is 26.1 Å². The van der Waals surface area contributed by atoms with E-state index in [2.05, 4.69) is 5.32 Å². The summed E-state index contributed by atoms with van der Waals surface area (Å²) in [6.45, 7) is 0. The topological polar surface area (TPSA) is 170 Å². The standard InChI is InChI=1S/C17H10N4O8/c22-14-13(15(23)18-9-5-1-2-6-10(9)20(26)27)16(24)19(17(14)25)11-7-3-4-8-12(11)21(28)29/h1-8,13H,(H,18,23)/t13-/m0/s1. The zero-order chi connectivity index (χ0) is 21.3. The first-order valence-corrected chi connectivity index (χ1v) is 7.94. The van der Waals surface area contributed by atoms with E-state index in [-0.39, 0.29) is 10.6 Å². The molecule has 0 spiro atoms. The van der Waals surface area contributed by atoms with Crippen molar-refractivity contribution in [1.29, 1.82) is 0 Å². The van der Waals surface area contributed by atoms with Crippen molar-refractivity contribution < 1.29 is 29.0 Å². The molecule has 0 bridgehead atoms. The molecule has 12 heteroatoms. The molecule has 0 aromatic heterocycles. The van der Waals surface area contributed by atoms with Crippen molar-refractivity contribution in [3.63, 3.8) is 0 Å². The summed E-state index contributed by atoms with van der Waals surface area (Å²) in [4.78, 5) is 70.5. The van der Waals surface area contributed by atoms with E-state index in [1.54, 1.807) is 0 Å². The molecule has 1 aliphatic heterocycles. The van der Waals surface area contributed by atoms with E-state index in [1.165, 1.54) is 30.3 Å². The van der Waals surface area contributed by atoms with E-state index in [0.29, 0.717) is 0 Å². The zero-order valence-electron chi connectivity index (χ0n) is 14.3. The van der Waals surface area contributed by atoms with Crippen LogP contribution in [-0.2, 0) is 19.2 Å². The highest BCUT2D eigenvalue weighted by atomic mass is 16.6. The number of carbonyl (C=O) groups is 4. The second-order valence-electron chi connectivity index (χ2n) is 5.79. The summed E-state index contributed by atoms with van der Waals surface area (Å²) < 4.78 is 0. The number of rotatable bonds is 5. The molecule has 3 amide bonds. The van der Waals surface area contributed by atoms with E-state index in [0.717, 1.165) is 18.2 Å². The third kappa shape index (κ3) is 3.29. The Labute approximate surface area is 161 Å². The van der Waals surface area contributed by atoms with Crippen LogP contribution in [0.3, 0.4) is 0 Å². The van der Waals surface area contributed by atoms with Gasteiger partial charge in [0.1, 0.15) is 11.4 Å². The van der Waals surface area contributed by atoms with Crippen LogP contribution in [0.25, 0.3) is 0 Å². The predicted molar refractivity (Wildman–Crippen MR) is 95.8 cm³/mol. The average Bonchev–Trinajstić information content (AvgIpc) is 2.90. The monoisotopic (exact) mass is 398 g/mol. The lowest BCUT2D eigenvalue weighted by Crippen LogP contribution is -2.35. The number of hydrogen-bond donors (Lipinski definition) is 1. The van der Waals surface area contributed by atoms with Crippen LogP contribution >= 0.6 is 0 Å². The first-order valence-electron chi connectivity index (χ1n) is 7.94. The van der Waals surface area contributed by atoms with Crippen molar-refractivity contribution >= 4 is 46.3 Å². The number of benzene rings is 2. The average molecular weight is 398 g/mol. The molecule has 1 fully saturated rings. The van der Waals surface area contributed by atoms with Crippen LogP contribution in [0.4, 0.5) is 22.7 Å². The molecule has 12 nitrogen and oxygen atoms in total. The van der Waals surface area contributed by atoms with Crippen molar-refractivity contribution in [2.75, 3.05) is 10.2 Å². The van der Waals surface area contributed by atoms with E-state index in [4.69, 9.17) is 0 Å². The normalized spacial score (nSPS) is 16.1. The Morgan fingerprint density at radius 3 is 2.07 bits per heavy atom. The van der Waals surface area contributed by atoms with E-state index < -0.39 is 56.3 Å². The van der Waals surface area contributed by atoms with E-state index >= 15 is 0 Å². The maximum absolute atomic E-state index is 12.6. The summed E-state index contributed by atoms with van der Waals surface area (Å²) in [5.41, 5.74) is -1.83. The molecule has 1 saturated heterocycles. The minimum absolute atomic E-state index is 0.268. The number of nitrogens with one attached hydrogen (secondary N) is 1. The Morgan fingerprint density at radius 2 is 1.45 bits per heavy atom. The van der Waals surface area contributed by atoms with Crippen molar-refractivity contribution in [3.05, 3.63) is 68.8 Å². The fourth-order valence-electron chi connectivity index (χ4n) is 2.79. The number of imide groups is 1. The van der Waals surface area contributed by atoms with E-state index in [9.17, 15) is 39.4 Å². The summed E-state index contributed by atoms with van der Waals surface area (Å²) in [6, 6.07) is 9.73. The molecule has 0 aliphatic carbocycles. The van der Waals surface area contributed by atoms with Crippen molar-refractivity contribution in [2.24, 2.45) is 5.92 Å². The highest BCUT2D eigenvalue weighted by Crippen LogP contribution is 2.33. The molecule has 1 heterocycles. The number of amides is 3. The minimum Gasteiger partial charge on any atom is -0.319 e. The van der Waals surface area contributed by atoms with Crippen molar-refractivity contribution in [2.45, 2.75) is 0 Å². The van der Waals surface area contributed by atoms with Gasteiger partial charge in [-0.05, 0) is 12.1 Å². The van der Waals surface area contributed by atoms with Crippen molar-refractivity contribution in [1.82, 2.24) is 0 Å². The number of nitro groups is 2. The van der Waals surface area contributed by atoms with E-state index in [1.807, 2.05) is 0 Å². The van der Waals surface area contributed by atoms with Gasteiger partial charge in [-0.25, -0.2) is 4.90 Å². The Bertz CT molecular complexity index is 1100. The summed E-state index contributed by atoms with van der Waals surface area (Å²) in [6.07, 6.45) is 0. The third-order valence-corrected chi connectivity index (χ3v) is 4.08. The number of Topliss-reactive ketones (excluding diaryl/α,β-unsaturated/α-hetero) is 1. The Balaban J connectivity index is 1.95. The van der Waals surface area contributed by atoms with Gasteiger partial charge < -0.3 is 5.32 Å². The molecule has 29 heavy (non-hydrogen) atoms. The summed E-state index contributed by atoms with van der Waals surface area (Å²) >= 11 is 0. The van der Waals surface area contributed by atoms with Gasteiger partial charge in [0.15, 0.2) is 5.92 Å². The molecule has 3 rings (SSSR count). The molecular formula is C17H10N4O8. The molecule has 146 valence electrons. The maximum atomic E-state index is 12.6. The number of carbonyl (C=O) groups excluding carboxylic acids is 4. The van der Waals surface area contributed by atoms with Crippen LogP contribution in [0.1, 0.15) is 0 Å². The van der Waals surface area contributed by atoms with Gasteiger partial charge >= 0.3 is 5.91 Å². The Hall–Kier alpha value is -4.48. The molecule has 2 aromatic carbocycles. The van der Waals surface area contributed by atoms with Crippen LogP contribution in [-0.4, -0.2) is 33.4 Å². The molecule has 1 aliphatic rings. The molecule has 0 saturated carbocycles. The summed E-state index contributed by atoms with van der Waals surface area (Å²) in [5.74, 6) is -7.48. The number of ketones is 1. The first-order chi connectivity index (χ1) is 13.7. The predicted octanol–water partition coefficient (Wildman–Crippen LogP) is 1.20. The van der Waals surface area contributed by atoms with Gasteiger partial charge in [0.25, 0.3) is 17.3 Å². The highest BCUT2D eigenvalue weighted by Gasteiger charge is 2.53. The number of nitrogens with zero attached hydrogens (tertiary/aromatic N) is 3. The third-order valence-electron chi connectivity index (χ3n) is 4.08. The SMILES string of the molecule is O=C(Nc1ccccc1[N+](=O)[O-])[C@@H]1C(=O)C(=O)N(c2ccccc2[N+](=O)[O-])C1=O. The summed E-state index contributed by atoms with van der Waals surface area (Å²) in [7, 11) is 0. The lowest BCUT2D eigenvalue weighted by atomic mass is 10.1. The number of nitro benzene ring substituents is 2. The minimum atomic E-state index is -2.12. The molecular weight excluding hydrogens is 388 g/mol. The largest absolute Gasteiger partial charge is 0.319 e. The fraction of sp³-hybridized carbons (Fsp3) is 0.0588. The smallest absolute Gasteiger partial charge is 0.302 e. The lowest BCUT2D eigenvalue weighted by Gasteiger charge is -2.14. The van der Waals surface area contributed by atoms with Gasteiger partial charge in [-0.15, -0.1) is 0 Å².